The molecule has 7 nitrogen and oxygen atoms in total. The second-order valence-electron chi connectivity index (χ2n) is 7.21. The number of fused-ring (bicyclic) bond motifs is 1. The quantitative estimate of drug-likeness (QED) is 0.626. The van der Waals surface area contributed by atoms with E-state index in [0.717, 1.165) is 17.1 Å². The van der Waals surface area contributed by atoms with E-state index < -0.39 is 10.0 Å². The van der Waals surface area contributed by atoms with E-state index in [1.165, 1.54) is 23.9 Å². The SMILES string of the molecule is CC(C)NS(=O)(=O)c1ccc(NC(=O)C(C)Sc2ccc3c(c2)OCCCO3)cc1. The highest BCUT2D eigenvalue weighted by Crippen LogP contribution is 2.35. The van der Waals surface area contributed by atoms with Gasteiger partial charge in [0.1, 0.15) is 0 Å². The molecule has 0 bridgehead atoms. The van der Waals surface area contributed by atoms with Crippen LogP contribution in [0.1, 0.15) is 27.2 Å². The first kappa shape index (κ1) is 22.5. The zero-order chi connectivity index (χ0) is 21.7. The fourth-order valence-electron chi connectivity index (χ4n) is 2.81. The molecular formula is C21H26N2O5S2. The summed E-state index contributed by atoms with van der Waals surface area (Å²) in [5.41, 5.74) is 0.537. The van der Waals surface area contributed by atoms with Crippen molar-refractivity contribution >= 4 is 33.4 Å². The normalized spacial score (nSPS) is 14.8. The van der Waals surface area contributed by atoms with Crippen molar-refractivity contribution in [1.29, 1.82) is 0 Å². The summed E-state index contributed by atoms with van der Waals surface area (Å²) in [4.78, 5) is 13.6. The Morgan fingerprint density at radius 3 is 2.33 bits per heavy atom. The summed E-state index contributed by atoms with van der Waals surface area (Å²) in [5.74, 6) is 1.23. The Morgan fingerprint density at radius 2 is 1.67 bits per heavy atom. The van der Waals surface area contributed by atoms with Crippen LogP contribution in [0.15, 0.2) is 52.3 Å². The number of hydrogen-bond donors (Lipinski definition) is 2. The van der Waals surface area contributed by atoms with E-state index in [4.69, 9.17) is 9.47 Å². The summed E-state index contributed by atoms with van der Waals surface area (Å²) in [6.45, 7) is 6.57. The topological polar surface area (TPSA) is 93.7 Å². The second kappa shape index (κ2) is 9.72. The van der Waals surface area contributed by atoms with Gasteiger partial charge in [-0.1, -0.05) is 0 Å². The van der Waals surface area contributed by atoms with Gasteiger partial charge in [-0.05, 0) is 63.2 Å². The van der Waals surface area contributed by atoms with Crippen LogP contribution in [0.4, 0.5) is 5.69 Å². The number of nitrogens with one attached hydrogen (secondary N) is 2. The minimum atomic E-state index is -3.56. The second-order valence-corrected chi connectivity index (χ2v) is 10.3. The van der Waals surface area contributed by atoms with Crippen molar-refractivity contribution in [2.75, 3.05) is 18.5 Å². The molecule has 1 unspecified atom stereocenters. The zero-order valence-electron chi connectivity index (χ0n) is 17.2. The Bertz CT molecular complexity index is 991. The lowest BCUT2D eigenvalue weighted by atomic mass is 10.3. The van der Waals surface area contributed by atoms with Crippen molar-refractivity contribution in [2.24, 2.45) is 0 Å². The minimum Gasteiger partial charge on any atom is -0.490 e. The number of thioether (sulfide) groups is 1. The number of carbonyl (C=O) groups is 1. The van der Waals surface area contributed by atoms with Gasteiger partial charge in [-0.25, -0.2) is 13.1 Å². The fourth-order valence-corrected chi connectivity index (χ4v) is 4.96. The molecule has 0 aromatic heterocycles. The largest absolute Gasteiger partial charge is 0.490 e. The Kier molecular flexibility index (Phi) is 7.27. The van der Waals surface area contributed by atoms with Crippen molar-refractivity contribution in [2.45, 2.75) is 48.3 Å². The number of carbonyl (C=O) groups excluding carboxylic acids is 1. The van der Waals surface area contributed by atoms with E-state index in [9.17, 15) is 13.2 Å². The first-order valence-electron chi connectivity index (χ1n) is 9.74. The number of sulfonamides is 1. The highest BCUT2D eigenvalue weighted by Gasteiger charge is 2.18. The molecule has 2 aromatic rings. The Labute approximate surface area is 181 Å². The standard InChI is InChI=1S/C21H26N2O5S2/c1-14(2)23-30(25,26)18-8-5-16(6-9-18)22-21(24)15(3)29-17-7-10-19-20(13-17)28-12-4-11-27-19/h5-10,13-15,23H,4,11-12H2,1-3H3,(H,22,24). The van der Waals surface area contributed by atoms with Crippen LogP contribution >= 0.6 is 11.8 Å². The van der Waals surface area contributed by atoms with E-state index in [2.05, 4.69) is 10.0 Å². The van der Waals surface area contributed by atoms with Crippen LogP contribution in [-0.2, 0) is 14.8 Å². The predicted molar refractivity (Wildman–Crippen MR) is 118 cm³/mol. The number of benzene rings is 2. The molecule has 0 radical (unpaired) electrons. The summed E-state index contributed by atoms with van der Waals surface area (Å²) in [6, 6.07) is 11.6. The van der Waals surface area contributed by atoms with Crippen molar-refractivity contribution < 1.29 is 22.7 Å². The molecule has 1 heterocycles. The molecule has 2 aromatic carbocycles. The van der Waals surface area contributed by atoms with Crippen LogP contribution in [0.2, 0.25) is 0 Å². The maximum atomic E-state index is 12.6. The summed E-state index contributed by atoms with van der Waals surface area (Å²) in [6.07, 6.45) is 0.837. The summed E-state index contributed by atoms with van der Waals surface area (Å²) in [5, 5.41) is 2.46. The molecular weight excluding hydrogens is 424 g/mol. The molecule has 0 fully saturated rings. The Morgan fingerprint density at radius 1 is 1.00 bits per heavy atom. The monoisotopic (exact) mass is 450 g/mol. The molecule has 0 aliphatic carbocycles. The average molecular weight is 451 g/mol. The van der Waals surface area contributed by atoms with Crippen LogP contribution in [0.5, 0.6) is 11.5 Å². The molecule has 2 N–H and O–H groups in total. The number of anilines is 1. The molecule has 1 amide bonds. The fraction of sp³-hybridized carbons (Fsp3) is 0.381. The molecule has 0 saturated heterocycles. The maximum Gasteiger partial charge on any atom is 0.240 e. The Balaban J connectivity index is 1.61. The van der Waals surface area contributed by atoms with Crippen LogP contribution < -0.4 is 19.5 Å². The third kappa shape index (κ3) is 5.90. The zero-order valence-corrected chi connectivity index (χ0v) is 18.8. The van der Waals surface area contributed by atoms with Gasteiger partial charge in [0.25, 0.3) is 0 Å². The van der Waals surface area contributed by atoms with Gasteiger partial charge in [-0.15, -0.1) is 11.8 Å². The Hall–Kier alpha value is -2.23. The van der Waals surface area contributed by atoms with Gasteiger partial charge in [0.05, 0.1) is 23.4 Å². The van der Waals surface area contributed by atoms with Gasteiger partial charge in [0.15, 0.2) is 11.5 Å². The first-order chi connectivity index (χ1) is 14.2. The van der Waals surface area contributed by atoms with E-state index in [1.807, 2.05) is 25.1 Å². The highest BCUT2D eigenvalue weighted by atomic mass is 32.2. The van der Waals surface area contributed by atoms with E-state index in [1.54, 1.807) is 26.0 Å². The van der Waals surface area contributed by atoms with Crippen molar-refractivity contribution in [3.63, 3.8) is 0 Å². The van der Waals surface area contributed by atoms with Crippen molar-refractivity contribution in [1.82, 2.24) is 4.72 Å². The van der Waals surface area contributed by atoms with Gasteiger partial charge >= 0.3 is 0 Å². The highest BCUT2D eigenvalue weighted by molar-refractivity contribution is 8.00. The lowest BCUT2D eigenvalue weighted by molar-refractivity contribution is -0.115. The first-order valence-corrected chi connectivity index (χ1v) is 12.1. The molecule has 0 saturated carbocycles. The van der Waals surface area contributed by atoms with Crippen molar-refractivity contribution in [3.05, 3.63) is 42.5 Å². The smallest absolute Gasteiger partial charge is 0.240 e. The van der Waals surface area contributed by atoms with Gasteiger partial charge in [-0.2, -0.15) is 0 Å². The van der Waals surface area contributed by atoms with E-state index in [0.29, 0.717) is 24.7 Å². The van der Waals surface area contributed by atoms with E-state index in [-0.39, 0.29) is 22.1 Å². The summed E-state index contributed by atoms with van der Waals surface area (Å²) in [7, 11) is -3.56. The van der Waals surface area contributed by atoms with Crippen LogP contribution in [0.25, 0.3) is 0 Å². The molecule has 3 rings (SSSR count). The van der Waals surface area contributed by atoms with Crippen LogP contribution in [-0.4, -0.2) is 38.8 Å². The summed E-state index contributed by atoms with van der Waals surface area (Å²) >= 11 is 1.41. The minimum absolute atomic E-state index is 0.156. The van der Waals surface area contributed by atoms with Crippen LogP contribution in [0, 0.1) is 0 Å². The van der Waals surface area contributed by atoms with Gasteiger partial charge < -0.3 is 14.8 Å². The summed E-state index contributed by atoms with van der Waals surface area (Å²) < 4.78 is 38.2. The van der Waals surface area contributed by atoms with Gasteiger partial charge in [0, 0.05) is 23.0 Å². The number of ether oxygens (including phenoxy) is 2. The number of rotatable bonds is 7. The lowest BCUT2D eigenvalue weighted by Crippen LogP contribution is -2.30. The molecule has 1 atom stereocenters. The molecule has 30 heavy (non-hydrogen) atoms. The van der Waals surface area contributed by atoms with Crippen LogP contribution in [0.3, 0.4) is 0 Å². The van der Waals surface area contributed by atoms with Crippen molar-refractivity contribution in [3.8, 4) is 11.5 Å². The maximum absolute atomic E-state index is 12.6. The lowest BCUT2D eigenvalue weighted by Gasteiger charge is -2.14. The van der Waals surface area contributed by atoms with E-state index >= 15 is 0 Å². The van der Waals surface area contributed by atoms with Gasteiger partial charge in [-0.3, -0.25) is 4.79 Å². The third-order valence-corrected chi connectivity index (χ3v) is 6.99. The third-order valence-electron chi connectivity index (χ3n) is 4.22. The predicted octanol–water partition coefficient (Wildman–Crippen LogP) is 3.65. The molecule has 0 spiro atoms. The molecule has 9 heteroatoms. The molecule has 162 valence electrons. The number of hydrogen-bond acceptors (Lipinski definition) is 6. The number of amides is 1. The van der Waals surface area contributed by atoms with Gasteiger partial charge in [0.2, 0.25) is 15.9 Å². The average Bonchev–Trinajstić information content (AvgIpc) is 2.92. The molecule has 1 aliphatic rings. The molecule has 1 aliphatic heterocycles.